The molecular formula is C18H21N3O6S2. The molecular weight excluding hydrogens is 418 g/mol. The first kappa shape index (κ1) is 21.1. The average molecular weight is 440 g/mol. The highest BCUT2D eigenvalue weighted by Crippen LogP contribution is 2.26. The number of sulfonamides is 1. The van der Waals surface area contributed by atoms with Gasteiger partial charge in [-0.3, -0.25) is 13.9 Å². The molecule has 1 atom stereocenters. The van der Waals surface area contributed by atoms with Crippen LogP contribution < -0.4 is 14.8 Å². The molecule has 1 aromatic carbocycles. The van der Waals surface area contributed by atoms with E-state index in [4.69, 9.17) is 15.2 Å². The molecule has 2 aromatic rings. The minimum Gasteiger partial charge on any atom is -0.484 e. The van der Waals surface area contributed by atoms with E-state index in [2.05, 4.69) is 0 Å². The van der Waals surface area contributed by atoms with Gasteiger partial charge in [0.1, 0.15) is 9.96 Å². The minimum absolute atomic E-state index is 0.0990. The Bertz CT molecular complexity index is 960. The van der Waals surface area contributed by atoms with Gasteiger partial charge in [-0.2, -0.15) is 0 Å². The molecule has 11 heteroatoms. The number of amides is 2. The summed E-state index contributed by atoms with van der Waals surface area (Å²) in [5, 5.41) is 1.70. The molecule has 1 saturated heterocycles. The Hall–Kier alpha value is -2.63. The lowest BCUT2D eigenvalue weighted by molar-refractivity contribution is -0.146. The molecule has 2 N–H and O–H groups in total. The van der Waals surface area contributed by atoms with Gasteiger partial charge in [0.25, 0.3) is 15.9 Å². The molecule has 0 saturated carbocycles. The lowest BCUT2D eigenvalue weighted by atomic mass is 10.2. The van der Waals surface area contributed by atoms with Gasteiger partial charge in [-0.15, -0.1) is 11.3 Å². The Kier molecular flexibility index (Phi) is 6.40. The highest BCUT2D eigenvalue weighted by Gasteiger charge is 2.28. The van der Waals surface area contributed by atoms with Gasteiger partial charge in [0, 0.05) is 13.6 Å². The largest absolute Gasteiger partial charge is 0.484 e. The fraction of sp³-hybridized carbons (Fsp3) is 0.333. The van der Waals surface area contributed by atoms with Crippen molar-refractivity contribution in [2.24, 2.45) is 5.73 Å². The molecule has 2 amide bonds. The summed E-state index contributed by atoms with van der Waals surface area (Å²) in [5.41, 5.74) is 5.68. The molecule has 156 valence electrons. The lowest BCUT2D eigenvalue weighted by Gasteiger charge is -2.31. The third-order valence-corrected chi connectivity index (χ3v) is 7.57. The fourth-order valence-electron chi connectivity index (χ4n) is 2.72. The zero-order chi connectivity index (χ0) is 21.0. The van der Waals surface area contributed by atoms with E-state index in [1.165, 1.54) is 16.3 Å². The molecule has 0 aliphatic carbocycles. The second kappa shape index (κ2) is 8.80. The van der Waals surface area contributed by atoms with Crippen LogP contribution in [0.3, 0.4) is 0 Å². The van der Waals surface area contributed by atoms with Crippen LogP contribution in [0.5, 0.6) is 5.75 Å². The number of rotatable bonds is 7. The Balaban J connectivity index is 1.58. The molecule has 2 heterocycles. The number of hydrogen-bond acceptors (Lipinski definition) is 7. The highest BCUT2D eigenvalue weighted by atomic mass is 32.2. The molecule has 0 radical (unpaired) electrons. The summed E-state index contributed by atoms with van der Waals surface area (Å²) in [6, 6.07) is 9.61. The van der Waals surface area contributed by atoms with Gasteiger partial charge in [0.2, 0.25) is 5.91 Å². The SMILES string of the molecule is CN(c1ccc(OCC(=O)N2CCOC(C(N)=O)C2)cc1)S(=O)(=O)c1cccs1. The number of nitrogens with two attached hydrogens (primary N) is 1. The fourth-order valence-corrected chi connectivity index (χ4v) is 5.08. The van der Waals surface area contributed by atoms with Crippen molar-refractivity contribution in [2.75, 3.05) is 37.7 Å². The van der Waals surface area contributed by atoms with Crippen molar-refractivity contribution in [2.45, 2.75) is 10.3 Å². The van der Waals surface area contributed by atoms with Gasteiger partial charge in [-0.1, -0.05) is 6.07 Å². The van der Waals surface area contributed by atoms with Crippen molar-refractivity contribution in [3.63, 3.8) is 0 Å². The summed E-state index contributed by atoms with van der Waals surface area (Å²) in [6.07, 6.45) is -0.812. The summed E-state index contributed by atoms with van der Waals surface area (Å²) in [5.74, 6) is -0.481. The second-order valence-corrected chi connectivity index (χ2v) is 9.43. The molecule has 1 aliphatic rings. The van der Waals surface area contributed by atoms with Crippen LogP contribution in [0.15, 0.2) is 46.0 Å². The summed E-state index contributed by atoms with van der Waals surface area (Å²) in [4.78, 5) is 25.0. The number of anilines is 1. The van der Waals surface area contributed by atoms with Crippen molar-refractivity contribution in [3.8, 4) is 5.75 Å². The molecule has 1 aliphatic heterocycles. The number of nitrogens with zero attached hydrogens (tertiary/aromatic N) is 2. The predicted octanol–water partition coefficient (Wildman–Crippen LogP) is 0.665. The maximum absolute atomic E-state index is 12.6. The van der Waals surface area contributed by atoms with Crippen LogP contribution >= 0.6 is 11.3 Å². The van der Waals surface area contributed by atoms with Gasteiger partial charge in [-0.05, 0) is 35.7 Å². The van der Waals surface area contributed by atoms with Crippen LogP contribution in [-0.2, 0) is 24.3 Å². The first-order chi connectivity index (χ1) is 13.8. The topological polar surface area (TPSA) is 119 Å². The summed E-state index contributed by atoms with van der Waals surface area (Å²) in [7, 11) is -2.14. The number of primary amides is 1. The molecule has 3 rings (SSSR count). The quantitative estimate of drug-likeness (QED) is 0.677. The van der Waals surface area contributed by atoms with Gasteiger partial charge in [0.15, 0.2) is 12.7 Å². The predicted molar refractivity (Wildman–Crippen MR) is 107 cm³/mol. The molecule has 29 heavy (non-hydrogen) atoms. The molecule has 1 aromatic heterocycles. The number of carbonyl (C=O) groups is 2. The number of benzene rings is 1. The normalized spacial score (nSPS) is 17.0. The Morgan fingerprint density at radius 2 is 2.03 bits per heavy atom. The number of morpholine rings is 1. The third-order valence-electron chi connectivity index (χ3n) is 4.41. The van der Waals surface area contributed by atoms with Crippen LogP contribution in [0.25, 0.3) is 0 Å². The van der Waals surface area contributed by atoms with Crippen LogP contribution in [0.2, 0.25) is 0 Å². The molecule has 0 spiro atoms. The molecule has 0 bridgehead atoms. The minimum atomic E-state index is -3.61. The van der Waals surface area contributed by atoms with E-state index in [0.717, 1.165) is 11.3 Å². The number of hydrogen-bond donors (Lipinski definition) is 1. The van der Waals surface area contributed by atoms with Gasteiger partial charge in [-0.25, -0.2) is 8.42 Å². The third kappa shape index (κ3) is 4.86. The van der Waals surface area contributed by atoms with Crippen molar-refractivity contribution in [1.29, 1.82) is 0 Å². The molecule has 9 nitrogen and oxygen atoms in total. The zero-order valence-electron chi connectivity index (χ0n) is 15.7. The van der Waals surface area contributed by atoms with Crippen LogP contribution in [-0.4, -0.2) is 64.6 Å². The Morgan fingerprint density at radius 1 is 1.31 bits per heavy atom. The van der Waals surface area contributed by atoms with Crippen LogP contribution in [0.4, 0.5) is 5.69 Å². The maximum atomic E-state index is 12.6. The van der Waals surface area contributed by atoms with E-state index >= 15 is 0 Å². The monoisotopic (exact) mass is 439 g/mol. The zero-order valence-corrected chi connectivity index (χ0v) is 17.3. The Morgan fingerprint density at radius 3 is 2.66 bits per heavy atom. The van der Waals surface area contributed by atoms with E-state index in [1.54, 1.807) is 41.8 Å². The number of thiophene rings is 1. The lowest BCUT2D eigenvalue weighted by Crippen LogP contribution is -2.51. The van der Waals surface area contributed by atoms with E-state index in [-0.39, 0.29) is 29.9 Å². The molecule has 1 fully saturated rings. The smallest absolute Gasteiger partial charge is 0.273 e. The number of ether oxygens (including phenoxy) is 2. The standard InChI is InChI=1S/C18H21N3O6S2/c1-20(29(24,25)17-3-2-10-28-17)13-4-6-14(7-5-13)27-12-16(22)21-8-9-26-15(11-21)18(19)23/h2-7,10,15H,8-9,11-12H2,1H3,(H2,19,23). The van der Waals surface area contributed by atoms with E-state index in [0.29, 0.717) is 18.0 Å². The second-order valence-electron chi connectivity index (χ2n) is 6.29. The van der Waals surface area contributed by atoms with Gasteiger partial charge in [0.05, 0.1) is 18.8 Å². The van der Waals surface area contributed by atoms with E-state index in [1.807, 2.05) is 0 Å². The first-order valence-electron chi connectivity index (χ1n) is 8.73. The van der Waals surface area contributed by atoms with Crippen molar-refractivity contribution in [3.05, 3.63) is 41.8 Å². The Labute approximate surface area is 172 Å². The summed E-state index contributed by atoms with van der Waals surface area (Å²) in [6.45, 7) is 0.478. The highest BCUT2D eigenvalue weighted by molar-refractivity contribution is 7.94. The maximum Gasteiger partial charge on any atom is 0.273 e. The average Bonchev–Trinajstić information content (AvgIpc) is 3.27. The summed E-state index contributed by atoms with van der Waals surface area (Å²) < 4.78 is 37.3. The molecule has 1 unspecified atom stereocenters. The van der Waals surface area contributed by atoms with Crippen LogP contribution in [0.1, 0.15) is 0 Å². The van der Waals surface area contributed by atoms with Gasteiger partial charge >= 0.3 is 0 Å². The van der Waals surface area contributed by atoms with Crippen molar-refractivity contribution >= 4 is 38.9 Å². The van der Waals surface area contributed by atoms with E-state index in [9.17, 15) is 18.0 Å². The van der Waals surface area contributed by atoms with Crippen LogP contribution in [0, 0.1) is 0 Å². The summed E-state index contributed by atoms with van der Waals surface area (Å²) >= 11 is 1.15. The van der Waals surface area contributed by atoms with E-state index < -0.39 is 22.0 Å². The van der Waals surface area contributed by atoms with Gasteiger partial charge < -0.3 is 20.1 Å². The van der Waals surface area contributed by atoms with Crippen molar-refractivity contribution in [1.82, 2.24) is 4.90 Å². The van der Waals surface area contributed by atoms with Crippen molar-refractivity contribution < 1.29 is 27.5 Å². The number of carbonyl (C=O) groups excluding carboxylic acids is 2. The first-order valence-corrected chi connectivity index (χ1v) is 11.0.